The normalized spacial score (nSPS) is 15.7. The highest BCUT2D eigenvalue weighted by atomic mass is 16.2. The number of quaternary nitrogens is 1. The van der Waals surface area contributed by atoms with Gasteiger partial charge in [0.1, 0.15) is 12.6 Å². The maximum Gasteiger partial charge on any atom is 0.251 e. The van der Waals surface area contributed by atoms with Gasteiger partial charge in [0.25, 0.3) is 5.91 Å². The standard InChI is InChI=1S/C22H28N4O2/c1-17(24-20-10-6-9-19(15-20)21(27)23-2)22(28)26-13-11-25(12-14-26)16-18-7-4-3-5-8-18/h3-10,15,17,24H,11-14,16H2,1-2H3,(H,23,27)/p+1/t17-/m1/s1. The topological polar surface area (TPSA) is 65.9 Å². The number of carbonyl (C=O) groups is 2. The van der Waals surface area contributed by atoms with E-state index in [1.165, 1.54) is 10.5 Å². The van der Waals surface area contributed by atoms with Crippen molar-refractivity contribution in [3.63, 3.8) is 0 Å². The second-order valence-electron chi connectivity index (χ2n) is 7.26. The molecule has 28 heavy (non-hydrogen) atoms. The number of benzene rings is 2. The smallest absolute Gasteiger partial charge is 0.251 e. The zero-order valence-electron chi connectivity index (χ0n) is 16.6. The minimum absolute atomic E-state index is 0.101. The van der Waals surface area contributed by atoms with E-state index < -0.39 is 0 Å². The fraction of sp³-hybridized carbons (Fsp3) is 0.364. The molecule has 1 heterocycles. The van der Waals surface area contributed by atoms with E-state index in [1.807, 2.05) is 30.0 Å². The number of amides is 2. The van der Waals surface area contributed by atoms with E-state index in [2.05, 4.69) is 34.9 Å². The van der Waals surface area contributed by atoms with Gasteiger partial charge in [-0.1, -0.05) is 36.4 Å². The van der Waals surface area contributed by atoms with Gasteiger partial charge in [-0.2, -0.15) is 0 Å². The average Bonchev–Trinajstić information content (AvgIpc) is 2.74. The van der Waals surface area contributed by atoms with Crippen LogP contribution in [0, 0.1) is 0 Å². The Hall–Kier alpha value is -2.86. The van der Waals surface area contributed by atoms with Crippen molar-refractivity contribution in [2.24, 2.45) is 0 Å². The molecule has 3 N–H and O–H groups in total. The molecule has 0 unspecified atom stereocenters. The fourth-order valence-electron chi connectivity index (χ4n) is 3.58. The Labute approximate surface area is 166 Å². The first-order valence-corrected chi connectivity index (χ1v) is 9.82. The molecule has 0 radical (unpaired) electrons. The van der Waals surface area contributed by atoms with Crippen LogP contribution in [0.5, 0.6) is 0 Å². The zero-order chi connectivity index (χ0) is 19.9. The van der Waals surface area contributed by atoms with E-state index in [4.69, 9.17) is 0 Å². The van der Waals surface area contributed by atoms with Crippen molar-refractivity contribution in [1.29, 1.82) is 0 Å². The largest absolute Gasteiger partial charge is 0.374 e. The van der Waals surface area contributed by atoms with Crippen molar-refractivity contribution in [3.05, 3.63) is 65.7 Å². The Bertz CT molecular complexity index is 801. The molecule has 1 aliphatic heterocycles. The van der Waals surface area contributed by atoms with Gasteiger partial charge in [0.15, 0.2) is 0 Å². The van der Waals surface area contributed by atoms with Crippen molar-refractivity contribution in [2.45, 2.75) is 19.5 Å². The summed E-state index contributed by atoms with van der Waals surface area (Å²) in [5, 5.41) is 5.84. The van der Waals surface area contributed by atoms with Crippen LogP contribution in [0.15, 0.2) is 54.6 Å². The molecule has 0 spiro atoms. The summed E-state index contributed by atoms with van der Waals surface area (Å²) in [5.74, 6) is -0.0377. The minimum Gasteiger partial charge on any atom is -0.374 e. The lowest BCUT2D eigenvalue weighted by Crippen LogP contribution is -3.13. The Balaban J connectivity index is 1.51. The lowest BCUT2D eigenvalue weighted by Gasteiger charge is -2.34. The lowest BCUT2D eigenvalue weighted by atomic mass is 10.1. The summed E-state index contributed by atoms with van der Waals surface area (Å²) < 4.78 is 0. The van der Waals surface area contributed by atoms with E-state index in [1.54, 1.807) is 19.2 Å². The van der Waals surface area contributed by atoms with Gasteiger partial charge >= 0.3 is 0 Å². The molecule has 0 aliphatic carbocycles. The fourth-order valence-corrected chi connectivity index (χ4v) is 3.58. The van der Waals surface area contributed by atoms with Gasteiger partial charge < -0.3 is 20.4 Å². The number of nitrogens with zero attached hydrogens (tertiary/aromatic N) is 1. The van der Waals surface area contributed by atoms with Crippen molar-refractivity contribution in [3.8, 4) is 0 Å². The van der Waals surface area contributed by atoms with E-state index in [0.717, 1.165) is 38.4 Å². The summed E-state index contributed by atoms with van der Waals surface area (Å²) in [6.07, 6.45) is 0. The van der Waals surface area contributed by atoms with E-state index in [-0.39, 0.29) is 17.9 Å². The molecular weight excluding hydrogens is 352 g/mol. The summed E-state index contributed by atoms with van der Waals surface area (Å²) >= 11 is 0. The molecule has 6 heteroatoms. The van der Waals surface area contributed by atoms with Gasteiger partial charge in [0.2, 0.25) is 5.91 Å². The van der Waals surface area contributed by atoms with Gasteiger partial charge in [-0.25, -0.2) is 0 Å². The quantitative estimate of drug-likeness (QED) is 0.693. The van der Waals surface area contributed by atoms with Gasteiger partial charge in [-0.15, -0.1) is 0 Å². The summed E-state index contributed by atoms with van der Waals surface area (Å²) in [7, 11) is 1.61. The molecule has 1 atom stereocenters. The molecule has 148 valence electrons. The number of carbonyl (C=O) groups excluding carboxylic acids is 2. The van der Waals surface area contributed by atoms with E-state index in [0.29, 0.717) is 5.56 Å². The second-order valence-corrected chi connectivity index (χ2v) is 7.26. The molecule has 1 aliphatic rings. The summed E-state index contributed by atoms with van der Waals surface area (Å²) in [4.78, 5) is 28.0. The van der Waals surface area contributed by atoms with Crippen molar-refractivity contribution < 1.29 is 14.5 Å². The van der Waals surface area contributed by atoms with Crippen LogP contribution in [0.2, 0.25) is 0 Å². The van der Waals surface area contributed by atoms with Gasteiger partial charge in [0.05, 0.1) is 26.2 Å². The molecule has 1 saturated heterocycles. The number of nitrogens with one attached hydrogen (secondary N) is 3. The van der Waals surface area contributed by atoms with Crippen LogP contribution in [0.4, 0.5) is 5.69 Å². The molecule has 3 rings (SSSR count). The molecule has 6 nitrogen and oxygen atoms in total. The van der Waals surface area contributed by atoms with Crippen LogP contribution in [-0.4, -0.2) is 56.0 Å². The van der Waals surface area contributed by atoms with Crippen molar-refractivity contribution in [1.82, 2.24) is 10.2 Å². The predicted molar refractivity (Wildman–Crippen MR) is 110 cm³/mol. The Morgan fingerprint density at radius 1 is 1.07 bits per heavy atom. The first-order valence-electron chi connectivity index (χ1n) is 9.82. The molecule has 0 bridgehead atoms. The van der Waals surface area contributed by atoms with Crippen molar-refractivity contribution in [2.75, 3.05) is 38.5 Å². The highest BCUT2D eigenvalue weighted by Gasteiger charge is 2.27. The molecule has 2 aromatic carbocycles. The maximum absolute atomic E-state index is 12.8. The monoisotopic (exact) mass is 381 g/mol. The van der Waals surface area contributed by atoms with Crippen LogP contribution < -0.4 is 15.5 Å². The number of hydrogen-bond acceptors (Lipinski definition) is 3. The highest BCUT2D eigenvalue weighted by molar-refractivity contribution is 5.95. The van der Waals surface area contributed by atoms with Gasteiger partial charge in [-0.3, -0.25) is 9.59 Å². The van der Waals surface area contributed by atoms with Crippen LogP contribution in [0.1, 0.15) is 22.8 Å². The third kappa shape index (κ3) is 5.10. The lowest BCUT2D eigenvalue weighted by molar-refractivity contribution is -0.917. The van der Waals surface area contributed by atoms with Crippen LogP contribution >= 0.6 is 0 Å². The van der Waals surface area contributed by atoms with E-state index in [9.17, 15) is 9.59 Å². The molecule has 0 saturated carbocycles. The van der Waals surface area contributed by atoms with Gasteiger partial charge in [-0.05, 0) is 25.1 Å². The van der Waals surface area contributed by atoms with Crippen molar-refractivity contribution >= 4 is 17.5 Å². The number of rotatable bonds is 6. The number of piperazine rings is 1. The Morgan fingerprint density at radius 2 is 1.79 bits per heavy atom. The van der Waals surface area contributed by atoms with E-state index >= 15 is 0 Å². The molecular formula is C22H29N4O2+. The van der Waals surface area contributed by atoms with Crippen LogP contribution in [-0.2, 0) is 11.3 Å². The molecule has 1 fully saturated rings. The molecule has 2 aromatic rings. The van der Waals surface area contributed by atoms with Crippen LogP contribution in [0.25, 0.3) is 0 Å². The SMILES string of the molecule is CNC(=O)c1cccc(N[C@H](C)C(=O)N2CC[NH+](Cc3ccccc3)CC2)c1. The minimum atomic E-state index is -0.337. The first kappa shape index (κ1) is 19.9. The van der Waals surface area contributed by atoms with Crippen LogP contribution in [0.3, 0.4) is 0 Å². The molecule has 2 amide bonds. The number of hydrogen-bond donors (Lipinski definition) is 3. The van der Waals surface area contributed by atoms with Gasteiger partial charge in [0, 0.05) is 23.9 Å². The Kier molecular flexibility index (Phi) is 6.66. The predicted octanol–water partition coefficient (Wildman–Crippen LogP) is 0.774. The maximum atomic E-state index is 12.8. The Morgan fingerprint density at radius 3 is 2.46 bits per heavy atom. The summed E-state index contributed by atoms with van der Waals surface area (Å²) in [6, 6.07) is 17.4. The average molecular weight is 382 g/mol. The summed E-state index contributed by atoms with van der Waals surface area (Å²) in [5.41, 5.74) is 2.68. The third-order valence-corrected chi connectivity index (χ3v) is 5.18. The summed E-state index contributed by atoms with van der Waals surface area (Å²) in [6.45, 7) is 6.33. The third-order valence-electron chi connectivity index (χ3n) is 5.18. The zero-order valence-corrected chi connectivity index (χ0v) is 16.6. The first-order chi connectivity index (χ1) is 13.6. The second kappa shape index (κ2) is 9.37. The highest BCUT2D eigenvalue weighted by Crippen LogP contribution is 2.13. The molecule has 0 aromatic heterocycles. The number of anilines is 1.